The van der Waals surface area contributed by atoms with E-state index in [0.717, 1.165) is 31.3 Å². The molecule has 1 amide bonds. The molecule has 0 bridgehead atoms. The van der Waals surface area contributed by atoms with Gasteiger partial charge in [0.25, 0.3) is 0 Å². The summed E-state index contributed by atoms with van der Waals surface area (Å²) in [6.07, 6.45) is 5.31. The molecule has 1 N–H and O–H groups in total. The van der Waals surface area contributed by atoms with Crippen molar-refractivity contribution in [1.29, 1.82) is 0 Å². The number of ether oxygens (including phenoxy) is 1. The van der Waals surface area contributed by atoms with Gasteiger partial charge in [0.15, 0.2) is 0 Å². The fraction of sp³-hybridized carbons (Fsp3) is 0.917. The lowest BCUT2D eigenvalue weighted by atomic mass is 10.0. The first-order chi connectivity index (χ1) is 7.72. The Morgan fingerprint density at radius 2 is 2.38 bits per heavy atom. The Bertz CT molecular complexity index is 205. The second kappa shape index (κ2) is 8.07. The number of amides is 1. The van der Waals surface area contributed by atoms with Gasteiger partial charge in [0.05, 0.1) is 6.10 Å². The van der Waals surface area contributed by atoms with Gasteiger partial charge in [0, 0.05) is 24.9 Å². The summed E-state index contributed by atoms with van der Waals surface area (Å²) < 4.78 is 5.59. The van der Waals surface area contributed by atoms with Crippen molar-refractivity contribution in [2.45, 2.75) is 45.1 Å². The zero-order chi connectivity index (χ0) is 11.8. The molecule has 0 radical (unpaired) electrons. The molecule has 1 aliphatic heterocycles. The summed E-state index contributed by atoms with van der Waals surface area (Å²) in [5.74, 6) is 0.650. The van der Waals surface area contributed by atoms with Gasteiger partial charge in [-0.3, -0.25) is 4.79 Å². The van der Waals surface area contributed by atoms with Crippen LogP contribution in [0.2, 0.25) is 0 Å². The van der Waals surface area contributed by atoms with E-state index < -0.39 is 0 Å². The molecule has 2 unspecified atom stereocenters. The van der Waals surface area contributed by atoms with Crippen molar-refractivity contribution in [2.75, 3.05) is 18.5 Å². The monoisotopic (exact) mass is 291 g/mol. The Labute approximate surface area is 106 Å². The van der Waals surface area contributed by atoms with Crippen LogP contribution in [0.1, 0.15) is 39.0 Å². The minimum absolute atomic E-state index is 0.155. The molecule has 94 valence electrons. The third kappa shape index (κ3) is 5.85. The summed E-state index contributed by atoms with van der Waals surface area (Å²) in [5, 5.41) is 3.88. The van der Waals surface area contributed by atoms with Gasteiger partial charge in [-0.15, -0.1) is 0 Å². The topological polar surface area (TPSA) is 38.3 Å². The van der Waals surface area contributed by atoms with E-state index in [1.54, 1.807) is 0 Å². The van der Waals surface area contributed by atoms with E-state index in [1.807, 2.05) is 0 Å². The first-order valence-corrected chi connectivity index (χ1v) is 7.28. The highest BCUT2D eigenvalue weighted by atomic mass is 79.9. The van der Waals surface area contributed by atoms with Gasteiger partial charge >= 0.3 is 0 Å². The number of hydrogen-bond acceptors (Lipinski definition) is 2. The van der Waals surface area contributed by atoms with Crippen molar-refractivity contribution in [3.63, 3.8) is 0 Å². The average Bonchev–Trinajstić information content (AvgIpc) is 2.34. The van der Waals surface area contributed by atoms with Crippen molar-refractivity contribution in [2.24, 2.45) is 5.92 Å². The Morgan fingerprint density at radius 1 is 1.56 bits per heavy atom. The minimum Gasteiger partial charge on any atom is -0.378 e. The molecule has 1 fully saturated rings. The number of carbonyl (C=O) groups excluding carboxylic acids is 1. The summed E-state index contributed by atoms with van der Waals surface area (Å²) in [4.78, 5) is 11.5. The molecule has 16 heavy (non-hydrogen) atoms. The van der Waals surface area contributed by atoms with E-state index in [1.165, 1.54) is 12.8 Å². The van der Waals surface area contributed by atoms with Crippen LogP contribution in [0, 0.1) is 5.92 Å². The molecule has 1 aliphatic rings. The quantitative estimate of drug-likeness (QED) is 0.764. The number of halogens is 1. The summed E-state index contributed by atoms with van der Waals surface area (Å²) in [5.41, 5.74) is 0. The molecule has 0 aromatic carbocycles. The molecule has 4 heteroatoms. The van der Waals surface area contributed by atoms with Crippen LogP contribution in [-0.2, 0) is 9.53 Å². The molecule has 0 saturated carbocycles. The predicted molar refractivity (Wildman–Crippen MR) is 68.8 cm³/mol. The molecular weight excluding hydrogens is 270 g/mol. The van der Waals surface area contributed by atoms with Crippen LogP contribution in [0.4, 0.5) is 0 Å². The maximum atomic E-state index is 11.5. The molecular formula is C12H22BrNO2. The maximum Gasteiger partial charge on any atom is 0.220 e. The van der Waals surface area contributed by atoms with E-state index in [9.17, 15) is 4.79 Å². The van der Waals surface area contributed by atoms with Crippen LogP contribution in [0.5, 0.6) is 0 Å². The van der Waals surface area contributed by atoms with Crippen LogP contribution in [0.25, 0.3) is 0 Å². The Kier molecular flexibility index (Phi) is 7.05. The second-order valence-electron chi connectivity index (χ2n) is 4.59. The highest BCUT2D eigenvalue weighted by Gasteiger charge is 2.15. The summed E-state index contributed by atoms with van der Waals surface area (Å²) in [6.45, 7) is 3.74. The smallest absolute Gasteiger partial charge is 0.220 e. The van der Waals surface area contributed by atoms with Crippen LogP contribution >= 0.6 is 15.9 Å². The van der Waals surface area contributed by atoms with E-state index in [2.05, 4.69) is 28.2 Å². The fourth-order valence-electron chi connectivity index (χ4n) is 1.76. The zero-order valence-corrected chi connectivity index (χ0v) is 11.6. The van der Waals surface area contributed by atoms with Gasteiger partial charge < -0.3 is 10.1 Å². The van der Waals surface area contributed by atoms with Gasteiger partial charge in [-0.05, 0) is 31.6 Å². The number of carbonyl (C=O) groups is 1. The average molecular weight is 292 g/mol. The molecule has 1 saturated heterocycles. The van der Waals surface area contributed by atoms with E-state index in [4.69, 9.17) is 4.74 Å². The highest BCUT2D eigenvalue weighted by Crippen LogP contribution is 2.16. The van der Waals surface area contributed by atoms with Gasteiger partial charge in [-0.1, -0.05) is 22.9 Å². The molecule has 2 atom stereocenters. The Morgan fingerprint density at radius 3 is 3.00 bits per heavy atom. The lowest BCUT2D eigenvalue weighted by molar-refractivity contribution is -0.122. The molecule has 0 aliphatic carbocycles. The van der Waals surface area contributed by atoms with Crippen molar-refractivity contribution in [1.82, 2.24) is 5.32 Å². The highest BCUT2D eigenvalue weighted by molar-refractivity contribution is 9.09. The van der Waals surface area contributed by atoms with Gasteiger partial charge in [-0.2, -0.15) is 0 Å². The van der Waals surface area contributed by atoms with E-state index in [-0.39, 0.29) is 5.91 Å². The molecule has 0 aromatic heterocycles. The fourth-order valence-corrected chi connectivity index (χ4v) is 1.99. The first kappa shape index (κ1) is 14.0. The lowest BCUT2D eigenvalue weighted by Crippen LogP contribution is -2.30. The number of hydrogen-bond donors (Lipinski definition) is 1. The van der Waals surface area contributed by atoms with Crippen LogP contribution < -0.4 is 5.32 Å². The van der Waals surface area contributed by atoms with E-state index in [0.29, 0.717) is 18.4 Å². The Hall–Kier alpha value is -0.0900. The maximum absolute atomic E-state index is 11.5. The van der Waals surface area contributed by atoms with Crippen molar-refractivity contribution in [3.05, 3.63) is 0 Å². The van der Waals surface area contributed by atoms with Crippen molar-refractivity contribution < 1.29 is 9.53 Å². The van der Waals surface area contributed by atoms with E-state index >= 15 is 0 Å². The van der Waals surface area contributed by atoms with Crippen molar-refractivity contribution >= 4 is 21.8 Å². The first-order valence-electron chi connectivity index (χ1n) is 6.16. The molecule has 0 aromatic rings. The Balaban J connectivity index is 2.05. The summed E-state index contributed by atoms with van der Waals surface area (Å²) in [6, 6.07) is 0. The van der Waals surface area contributed by atoms with Crippen LogP contribution in [0.15, 0.2) is 0 Å². The number of nitrogens with one attached hydrogen (secondary N) is 1. The standard InChI is InChI=1S/C12H22BrNO2/c1-10(8-13)9-14-12(15)6-5-11-4-2-3-7-16-11/h10-11H,2-9H2,1H3,(H,14,15). The third-order valence-corrected chi connectivity index (χ3v) is 3.98. The zero-order valence-electron chi connectivity index (χ0n) is 10.0. The normalized spacial score (nSPS) is 22.8. The number of rotatable bonds is 6. The second-order valence-corrected chi connectivity index (χ2v) is 5.24. The SMILES string of the molecule is CC(CBr)CNC(=O)CCC1CCCCO1. The van der Waals surface area contributed by atoms with Gasteiger partial charge in [0.1, 0.15) is 0 Å². The third-order valence-electron chi connectivity index (χ3n) is 2.88. The summed E-state index contributed by atoms with van der Waals surface area (Å²) in [7, 11) is 0. The van der Waals surface area contributed by atoms with Crippen molar-refractivity contribution in [3.8, 4) is 0 Å². The van der Waals surface area contributed by atoms with Crippen LogP contribution in [0.3, 0.4) is 0 Å². The molecule has 1 rings (SSSR count). The molecule has 1 heterocycles. The van der Waals surface area contributed by atoms with Gasteiger partial charge in [-0.25, -0.2) is 0 Å². The minimum atomic E-state index is 0.155. The predicted octanol–water partition coefficient (Wildman–Crippen LogP) is 2.48. The molecule has 3 nitrogen and oxygen atoms in total. The lowest BCUT2D eigenvalue weighted by Gasteiger charge is -2.22. The summed E-state index contributed by atoms with van der Waals surface area (Å²) >= 11 is 3.40. The van der Waals surface area contributed by atoms with Gasteiger partial charge in [0.2, 0.25) is 5.91 Å². The largest absolute Gasteiger partial charge is 0.378 e. The molecule has 0 spiro atoms. The van der Waals surface area contributed by atoms with Crippen LogP contribution in [-0.4, -0.2) is 30.5 Å². The number of alkyl halides is 1.